The monoisotopic (exact) mass is 509 g/mol. The van der Waals surface area contributed by atoms with Gasteiger partial charge in [0.1, 0.15) is 5.82 Å². The van der Waals surface area contributed by atoms with Gasteiger partial charge < -0.3 is 24.2 Å². The van der Waals surface area contributed by atoms with Crippen molar-refractivity contribution in [1.82, 2.24) is 33.1 Å². The predicted octanol–water partition coefficient (Wildman–Crippen LogP) is 0.0674. The van der Waals surface area contributed by atoms with Crippen LogP contribution in [-0.2, 0) is 25.4 Å². The standard InChI is InChI=1S/C25H31N7O5/c1-15-27-17-7-5-6-8-18(17)31(15)10-9-20(34)30-12-16(33)11-25(2,37)19(13-30)32-14-26-22-21(32)23(35)29(4)24(36)28(22)3/h5-8,14,16,19,33,37H,9-13H2,1-4H3/t16-,19+,25+/m0/s1. The van der Waals surface area contributed by atoms with E-state index in [9.17, 15) is 24.6 Å². The number of aliphatic hydroxyl groups is 2. The molecular weight excluding hydrogens is 478 g/mol. The van der Waals surface area contributed by atoms with E-state index in [-0.39, 0.29) is 43.0 Å². The van der Waals surface area contributed by atoms with Crippen LogP contribution in [0.3, 0.4) is 0 Å². The lowest BCUT2D eigenvalue weighted by molar-refractivity contribution is -0.133. The minimum atomic E-state index is -1.46. The molecule has 12 nitrogen and oxygen atoms in total. The van der Waals surface area contributed by atoms with Crippen molar-refractivity contribution in [2.75, 3.05) is 13.1 Å². The molecule has 37 heavy (non-hydrogen) atoms. The second-order valence-electron chi connectivity index (χ2n) is 10.1. The number of hydrogen-bond acceptors (Lipinski definition) is 7. The fourth-order valence-corrected chi connectivity index (χ4v) is 5.45. The molecule has 4 heterocycles. The number of aryl methyl sites for hydroxylation is 3. The van der Waals surface area contributed by atoms with Crippen molar-refractivity contribution in [3.63, 3.8) is 0 Å². The minimum absolute atomic E-state index is 0.00152. The summed E-state index contributed by atoms with van der Waals surface area (Å²) < 4.78 is 5.78. The molecule has 0 saturated carbocycles. The van der Waals surface area contributed by atoms with Gasteiger partial charge in [0.25, 0.3) is 5.56 Å². The number of carbonyl (C=O) groups excluding carboxylic acids is 1. The quantitative estimate of drug-likeness (QED) is 0.397. The number of fused-ring (bicyclic) bond motifs is 2. The van der Waals surface area contributed by atoms with Gasteiger partial charge in [0.15, 0.2) is 11.2 Å². The van der Waals surface area contributed by atoms with Gasteiger partial charge in [0.05, 0.1) is 35.1 Å². The molecule has 1 fully saturated rings. The van der Waals surface area contributed by atoms with Crippen molar-refractivity contribution in [2.24, 2.45) is 14.1 Å². The third-order valence-corrected chi connectivity index (χ3v) is 7.45. The number of β-amino-alcohol motifs (C(OH)–C–C–N with tert-alkyl or cyclic N) is 1. The second-order valence-corrected chi connectivity index (χ2v) is 10.1. The molecular formula is C25H31N7O5. The maximum atomic E-state index is 13.4. The van der Waals surface area contributed by atoms with Crippen molar-refractivity contribution < 1.29 is 15.0 Å². The molecule has 196 valence electrons. The number of benzene rings is 1. The van der Waals surface area contributed by atoms with E-state index >= 15 is 0 Å². The molecule has 5 rings (SSSR count). The molecule has 1 aromatic carbocycles. The van der Waals surface area contributed by atoms with E-state index in [0.29, 0.717) is 6.54 Å². The van der Waals surface area contributed by atoms with Crippen LogP contribution in [0.15, 0.2) is 40.2 Å². The molecule has 1 amide bonds. The molecule has 0 spiro atoms. The van der Waals surface area contributed by atoms with Gasteiger partial charge in [-0.3, -0.25) is 18.7 Å². The highest BCUT2D eigenvalue weighted by molar-refractivity contribution is 5.78. The lowest BCUT2D eigenvalue weighted by Crippen LogP contribution is -2.44. The van der Waals surface area contributed by atoms with Crippen LogP contribution in [0.25, 0.3) is 22.2 Å². The Morgan fingerprint density at radius 3 is 2.65 bits per heavy atom. The van der Waals surface area contributed by atoms with Crippen LogP contribution in [-0.4, -0.2) is 74.1 Å². The fourth-order valence-electron chi connectivity index (χ4n) is 5.45. The van der Waals surface area contributed by atoms with Gasteiger partial charge in [0.2, 0.25) is 5.91 Å². The minimum Gasteiger partial charge on any atom is -0.391 e. The Labute approximate surface area is 212 Å². The highest BCUT2D eigenvalue weighted by Crippen LogP contribution is 2.33. The molecule has 4 aromatic rings. The van der Waals surface area contributed by atoms with E-state index < -0.39 is 29.0 Å². The first-order valence-corrected chi connectivity index (χ1v) is 12.2. The molecule has 0 bridgehead atoms. The maximum Gasteiger partial charge on any atom is 0.332 e. The van der Waals surface area contributed by atoms with E-state index in [4.69, 9.17) is 0 Å². The normalized spacial score (nSPS) is 22.6. The average Bonchev–Trinajstić information content (AvgIpc) is 3.39. The molecule has 0 unspecified atom stereocenters. The van der Waals surface area contributed by atoms with Crippen LogP contribution < -0.4 is 11.2 Å². The number of imidazole rings is 2. The third kappa shape index (κ3) is 4.15. The topological polar surface area (TPSA) is 140 Å². The van der Waals surface area contributed by atoms with E-state index in [0.717, 1.165) is 21.4 Å². The molecule has 0 radical (unpaired) electrons. The number of aliphatic hydroxyl groups excluding tert-OH is 1. The lowest BCUT2D eigenvalue weighted by Gasteiger charge is -2.34. The van der Waals surface area contributed by atoms with Crippen LogP contribution >= 0.6 is 0 Å². The fraction of sp³-hybridized carbons (Fsp3) is 0.480. The van der Waals surface area contributed by atoms with Crippen molar-refractivity contribution in [1.29, 1.82) is 0 Å². The molecule has 12 heteroatoms. The van der Waals surface area contributed by atoms with Crippen molar-refractivity contribution in [2.45, 2.75) is 51.0 Å². The SMILES string of the molecule is Cc1nc2ccccc2n1CCC(=O)N1C[C@@H](O)C[C@@](C)(O)[C@H](n2cnc3c2c(=O)n(C)c(=O)n3C)C1. The van der Waals surface area contributed by atoms with Gasteiger partial charge in [-0.15, -0.1) is 0 Å². The summed E-state index contributed by atoms with van der Waals surface area (Å²) >= 11 is 0. The average molecular weight is 510 g/mol. The first-order chi connectivity index (χ1) is 17.5. The molecule has 0 aliphatic carbocycles. The summed E-state index contributed by atoms with van der Waals surface area (Å²) in [7, 11) is 2.90. The van der Waals surface area contributed by atoms with E-state index in [2.05, 4.69) is 9.97 Å². The summed E-state index contributed by atoms with van der Waals surface area (Å²) in [6.07, 6.45) is 0.621. The zero-order valence-corrected chi connectivity index (χ0v) is 21.3. The Kier molecular flexibility index (Phi) is 6.03. The summed E-state index contributed by atoms with van der Waals surface area (Å²) in [5.41, 5.74) is -0.374. The first-order valence-electron chi connectivity index (χ1n) is 12.2. The summed E-state index contributed by atoms with van der Waals surface area (Å²) in [6.45, 7) is 4.00. The Morgan fingerprint density at radius 1 is 1.16 bits per heavy atom. The van der Waals surface area contributed by atoms with E-state index in [1.165, 1.54) is 34.5 Å². The van der Waals surface area contributed by atoms with Crippen molar-refractivity contribution in [3.8, 4) is 0 Å². The Balaban J connectivity index is 1.48. The Bertz CT molecular complexity index is 1630. The van der Waals surface area contributed by atoms with Crippen LogP contribution in [0.4, 0.5) is 0 Å². The highest BCUT2D eigenvalue weighted by atomic mass is 16.3. The highest BCUT2D eigenvalue weighted by Gasteiger charge is 2.42. The van der Waals surface area contributed by atoms with Gasteiger partial charge in [0, 0.05) is 46.6 Å². The van der Waals surface area contributed by atoms with Crippen LogP contribution in [0, 0.1) is 6.92 Å². The molecule has 3 atom stereocenters. The first kappa shape index (κ1) is 24.9. The van der Waals surface area contributed by atoms with Crippen molar-refractivity contribution >= 4 is 28.1 Å². The number of para-hydroxylation sites is 2. The second kappa shape index (κ2) is 8.96. The van der Waals surface area contributed by atoms with Gasteiger partial charge in [-0.2, -0.15) is 0 Å². The van der Waals surface area contributed by atoms with Crippen LogP contribution in [0.2, 0.25) is 0 Å². The van der Waals surface area contributed by atoms with Crippen LogP contribution in [0.5, 0.6) is 0 Å². The summed E-state index contributed by atoms with van der Waals surface area (Å²) in [5, 5.41) is 22.1. The smallest absolute Gasteiger partial charge is 0.332 e. The number of likely N-dealkylation sites (tertiary alicyclic amines) is 1. The Hall–Kier alpha value is -3.77. The maximum absolute atomic E-state index is 13.4. The predicted molar refractivity (Wildman–Crippen MR) is 136 cm³/mol. The van der Waals surface area contributed by atoms with Gasteiger partial charge >= 0.3 is 5.69 Å². The zero-order chi connectivity index (χ0) is 26.6. The summed E-state index contributed by atoms with van der Waals surface area (Å²) in [6, 6.07) is 6.95. The van der Waals surface area contributed by atoms with Gasteiger partial charge in [-0.25, -0.2) is 14.8 Å². The molecule has 1 saturated heterocycles. The van der Waals surface area contributed by atoms with Crippen LogP contribution in [0.1, 0.15) is 31.6 Å². The summed E-state index contributed by atoms with van der Waals surface area (Å²) in [5.74, 6) is 0.612. The molecule has 2 N–H and O–H groups in total. The number of amides is 1. The number of rotatable bonds is 4. The molecule has 3 aromatic heterocycles. The van der Waals surface area contributed by atoms with Gasteiger partial charge in [-0.1, -0.05) is 12.1 Å². The van der Waals surface area contributed by atoms with Crippen molar-refractivity contribution in [3.05, 3.63) is 57.3 Å². The third-order valence-electron chi connectivity index (χ3n) is 7.45. The zero-order valence-electron chi connectivity index (χ0n) is 21.3. The van der Waals surface area contributed by atoms with E-state index in [1.54, 1.807) is 6.92 Å². The largest absolute Gasteiger partial charge is 0.391 e. The Morgan fingerprint density at radius 2 is 1.89 bits per heavy atom. The number of nitrogens with zero attached hydrogens (tertiary/aromatic N) is 7. The van der Waals surface area contributed by atoms with E-state index in [1.807, 2.05) is 35.8 Å². The van der Waals surface area contributed by atoms with Gasteiger partial charge in [-0.05, 0) is 26.0 Å². The lowest BCUT2D eigenvalue weighted by atomic mass is 9.91. The number of carbonyl (C=O) groups is 1. The summed E-state index contributed by atoms with van der Waals surface area (Å²) in [4.78, 5) is 49.2. The molecule has 1 aliphatic rings. The number of hydrogen-bond donors (Lipinski definition) is 2. The molecule has 1 aliphatic heterocycles. The number of aromatic nitrogens is 6.